The van der Waals surface area contributed by atoms with Gasteiger partial charge in [-0.25, -0.2) is 0 Å². The second kappa shape index (κ2) is 7.92. The zero-order valence-corrected chi connectivity index (χ0v) is 12.1. The summed E-state index contributed by atoms with van der Waals surface area (Å²) in [6.45, 7) is 5.95. The summed E-state index contributed by atoms with van der Waals surface area (Å²) < 4.78 is 0. The van der Waals surface area contributed by atoms with Gasteiger partial charge in [-0.05, 0) is 39.4 Å². The molecule has 0 bridgehead atoms. The first-order chi connectivity index (χ1) is 9.02. The standard InChI is InChI=1S/C15H25N3O/c1-12(2)18(3)11-7-10-17-15(19)14(16)13-8-5-4-6-9-13/h4-6,8-9,12,14H,7,10-11,16H2,1-3H3,(H,17,19)/t14-/m1/s1. The summed E-state index contributed by atoms with van der Waals surface area (Å²) >= 11 is 0. The molecule has 1 rings (SSSR count). The molecule has 4 nitrogen and oxygen atoms in total. The van der Waals surface area contributed by atoms with Crippen LogP contribution in [0.2, 0.25) is 0 Å². The van der Waals surface area contributed by atoms with Gasteiger partial charge < -0.3 is 16.0 Å². The molecule has 1 amide bonds. The normalized spacial score (nSPS) is 12.7. The molecule has 1 atom stereocenters. The van der Waals surface area contributed by atoms with E-state index in [1.54, 1.807) is 0 Å². The van der Waals surface area contributed by atoms with Crippen LogP contribution in [0.3, 0.4) is 0 Å². The van der Waals surface area contributed by atoms with E-state index in [1.807, 2.05) is 30.3 Å². The van der Waals surface area contributed by atoms with E-state index in [9.17, 15) is 4.79 Å². The molecule has 0 aliphatic heterocycles. The number of carbonyl (C=O) groups excluding carboxylic acids is 1. The molecule has 0 radical (unpaired) electrons. The lowest BCUT2D eigenvalue weighted by molar-refractivity contribution is -0.122. The van der Waals surface area contributed by atoms with E-state index in [-0.39, 0.29) is 5.91 Å². The quantitative estimate of drug-likeness (QED) is 0.734. The Morgan fingerprint density at radius 3 is 2.53 bits per heavy atom. The predicted octanol–water partition coefficient (Wildman–Crippen LogP) is 1.53. The number of nitrogens with two attached hydrogens (primary N) is 1. The van der Waals surface area contributed by atoms with E-state index < -0.39 is 6.04 Å². The molecule has 0 unspecified atom stereocenters. The number of carbonyl (C=O) groups is 1. The fraction of sp³-hybridized carbons (Fsp3) is 0.533. The van der Waals surface area contributed by atoms with Gasteiger partial charge in [0.15, 0.2) is 0 Å². The van der Waals surface area contributed by atoms with Crippen LogP contribution in [-0.4, -0.2) is 37.0 Å². The average molecular weight is 263 g/mol. The number of nitrogens with one attached hydrogen (secondary N) is 1. The highest BCUT2D eigenvalue weighted by atomic mass is 16.2. The molecule has 0 aromatic heterocycles. The number of benzene rings is 1. The third-order valence-corrected chi connectivity index (χ3v) is 3.31. The van der Waals surface area contributed by atoms with E-state index in [0.717, 1.165) is 18.5 Å². The van der Waals surface area contributed by atoms with Crippen molar-refractivity contribution in [3.05, 3.63) is 35.9 Å². The third-order valence-electron chi connectivity index (χ3n) is 3.31. The Morgan fingerprint density at radius 1 is 1.32 bits per heavy atom. The summed E-state index contributed by atoms with van der Waals surface area (Å²) in [5.41, 5.74) is 6.75. The van der Waals surface area contributed by atoms with Crippen molar-refractivity contribution in [3.63, 3.8) is 0 Å². The van der Waals surface area contributed by atoms with Crippen LogP contribution in [-0.2, 0) is 4.79 Å². The number of nitrogens with zero attached hydrogens (tertiary/aromatic N) is 1. The maximum atomic E-state index is 11.9. The average Bonchev–Trinajstić information content (AvgIpc) is 2.43. The molecule has 0 spiro atoms. The van der Waals surface area contributed by atoms with Gasteiger partial charge in [0.05, 0.1) is 0 Å². The van der Waals surface area contributed by atoms with Crippen molar-refractivity contribution < 1.29 is 4.79 Å². The van der Waals surface area contributed by atoms with Crippen molar-refractivity contribution in [2.75, 3.05) is 20.1 Å². The predicted molar refractivity (Wildman–Crippen MR) is 78.8 cm³/mol. The second-order valence-electron chi connectivity index (χ2n) is 5.11. The van der Waals surface area contributed by atoms with Crippen molar-refractivity contribution >= 4 is 5.91 Å². The van der Waals surface area contributed by atoms with Gasteiger partial charge in [0.2, 0.25) is 5.91 Å². The Morgan fingerprint density at radius 2 is 1.95 bits per heavy atom. The molecule has 106 valence electrons. The van der Waals surface area contributed by atoms with E-state index in [2.05, 4.69) is 31.1 Å². The van der Waals surface area contributed by atoms with Crippen molar-refractivity contribution in [1.82, 2.24) is 10.2 Å². The summed E-state index contributed by atoms with van der Waals surface area (Å²) in [6, 6.07) is 9.38. The lowest BCUT2D eigenvalue weighted by Crippen LogP contribution is -2.36. The number of rotatable bonds is 7. The molecule has 0 saturated heterocycles. The van der Waals surface area contributed by atoms with Gasteiger partial charge in [0.25, 0.3) is 0 Å². The largest absolute Gasteiger partial charge is 0.354 e. The van der Waals surface area contributed by atoms with Crippen molar-refractivity contribution in [3.8, 4) is 0 Å². The van der Waals surface area contributed by atoms with Crippen LogP contribution < -0.4 is 11.1 Å². The first kappa shape index (κ1) is 15.7. The molecule has 0 fully saturated rings. The number of amides is 1. The minimum atomic E-state index is -0.580. The maximum Gasteiger partial charge on any atom is 0.241 e. The van der Waals surface area contributed by atoms with Crippen molar-refractivity contribution in [1.29, 1.82) is 0 Å². The van der Waals surface area contributed by atoms with Crippen molar-refractivity contribution in [2.45, 2.75) is 32.4 Å². The van der Waals surface area contributed by atoms with Gasteiger partial charge in [-0.2, -0.15) is 0 Å². The molecule has 19 heavy (non-hydrogen) atoms. The van der Waals surface area contributed by atoms with Crippen LogP contribution in [0.25, 0.3) is 0 Å². The van der Waals surface area contributed by atoms with E-state index in [4.69, 9.17) is 5.73 Å². The summed E-state index contributed by atoms with van der Waals surface area (Å²) in [7, 11) is 2.09. The van der Waals surface area contributed by atoms with Gasteiger partial charge in [-0.15, -0.1) is 0 Å². The number of hydrogen-bond donors (Lipinski definition) is 2. The topological polar surface area (TPSA) is 58.4 Å². The van der Waals surface area contributed by atoms with Gasteiger partial charge in [-0.3, -0.25) is 4.79 Å². The molecule has 0 aliphatic rings. The lowest BCUT2D eigenvalue weighted by atomic mass is 10.1. The summed E-state index contributed by atoms with van der Waals surface area (Å²) in [6.07, 6.45) is 0.932. The molecule has 1 aromatic rings. The minimum absolute atomic E-state index is 0.113. The van der Waals surface area contributed by atoms with Crippen LogP contribution in [0, 0.1) is 0 Å². The van der Waals surface area contributed by atoms with Crippen LogP contribution in [0.1, 0.15) is 31.9 Å². The first-order valence-electron chi connectivity index (χ1n) is 6.81. The summed E-state index contributed by atoms with van der Waals surface area (Å²) in [5.74, 6) is -0.113. The van der Waals surface area contributed by atoms with Gasteiger partial charge in [0, 0.05) is 12.6 Å². The first-order valence-corrected chi connectivity index (χ1v) is 6.81. The molecular weight excluding hydrogens is 238 g/mol. The van der Waals surface area contributed by atoms with E-state index >= 15 is 0 Å². The third kappa shape index (κ3) is 5.41. The molecule has 3 N–H and O–H groups in total. The zero-order chi connectivity index (χ0) is 14.3. The Balaban J connectivity index is 2.28. The van der Waals surface area contributed by atoms with Gasteiger partial charge in [0.1, 0.15) is 6.04 Å². The Bertz CT molecular complexity index is 378. The Kier molecular flexibility index (Phi) is 6.53. The van der Waals surface area contributed by atoms with Crippen LogP contribution >= 0.6 is 0 Å². The van der Waals surface area contributed by atoms with Crippen LogP contribution in [0.5, 0.6) is 0 Å². The van der Waals surface area contributed by atoms with Crippen LogP contribution in [0.15, 0.2) is 30.3 Å². The van der Waals surface area contributed by atoms with Crippen LogP contribution in [0.4, 0.5) is 0 Å². The minimum Gasteiger partial charge on any atom is -0.354 e. The highest BCUT2D eigenvalue weighted by molar-refractivity contribution is 5.82. The van der Waals surface area contributed by atoms with E-state index in [0.29, 0.717) is 12.6 Å². The van der Waals surface area contributed by atoms with E-state index in [1.165, 1.54) is 0 Å². The van der Waals surface area contributed by atoms with Crippen molar-refractivity contribution in [2.24, 2.45) is 5.73 Å². The zero-order valence-electron chi connectivity index (χ0n) is 12.1. The fourth-order valence-electron chi connectivity index (χ4n) is 1.72. The molecule has 1 aromatic carbocycles. The monoisotopic (exact) mass is 263 g/mol. The summed E-state index contributed by atoms with van der Waals surface area (Å²) in [4.78, 5) is 14.1. The Labute approximate surface area is 116 Å². The second-order valence-corrected chi connectivity index (χ2v) is 5.11. The molecule has 4 heteroatoms. The maximum absolute atomic E-state index is 11.9. The van der Waals surface area contributed by atoms with Gasteiger partial charge >= 0.3 is 0 Å². The SMILES string of the molecule is CC(C)N(C)CCCNC(=O)[C@H](N)c1ccccc1. The summed E-state index contributed by atoms with van der Waals surface area (Å²) in [5, 5.41) is 2.88. The highest BCUT2D eigenvalue weighted by Crippen LogP contribution is 2.08. The molecular formula is C15H25N3O. The lowest BCUT2D eigenvalue weighted by Gasteiger charge is -2.21. The van der Waals surface area contributed by atoms with Gasteiger partial charge in [-0.1, -0.05) is 30.3 Å². The smallest absolute Gasteiger partial charge is 0.241 e. The molecule has 0 aliphatic carbocycles. The molecule has 0 heterocycles. The Hall–Kier alpha value is -1.39. The highest BCUT2D eigenvalue weighted by Gasteiger charge is 2.14. The molecule has 0 saturated carbocycles. The fourth-order valence-corrected chi connectivity index (χ4v) is 1.72. The number of hydrogen-bond acceptors (Lipinski definition) is 3.